The third kappa shape index (κ3) is 6.23. The third-order valence-corrected chi connectivity index (χ3v) is 5.21. The average molecular weight is 425 g/mol. The molecule has 0 bridgehead atoms. The molecule has 162 valence electrons. The summed E-state index contributed by atoms with van der Waals surface area (Å²) in [7, 11) is 1.83. The number of nitrogens with two attached hydrogens (primary N) is 1. The molecule has 32 heavy (non-hydrogen) atoms. The fourth-order valence-electron chi connectivity index (χ4n) is 3.21. The molecule has 0 saturated heterocycles. The first-order chi connectivity index (χ1) is 15.4. The van der Waals surface area contributed by atoms with Crippen LogP contribution in [0.15, 0.2) is 72.8 Å². The lowest BCUT2D eigenvalue weighted by Gasteiger charge is -2.17. The van der Waals surface area contributed by atoms with E-state index in [0.29, 0.717) is 24.2 Å². The molecule has 0 aliphatic rings. The highest BCUT2D eigenvalue weighted by atomic mass is 16.2. The maximum Gasteiger partial charge on any atom is 0.253 e. The van der Waals surface area contributed by atoms with Crippen LogP contribution in [-0.4, -0.2) is 36.8 Å². The summed E-state index contributed by atoms with van der Waals surface area (Å²) < 4.78 is 0. The predicted molar refractivity (Wildman–Crippen MR) is 131 cm³/mol. The van der Waals surface area contributed by atoms with Gasteiger partial charge in [0.15, 0.2) is 0 Å². The summed E-state index contributed by atoms with van der Waals surface area (Å²) in [5.41, 5.74) is 10.8. The summed E-state index contributed by atoms with van der Waals surface area (Å²) >= 11 is 0. The summed E-state index contributed by atoms with van der Waals surface area (Å²) in [6.45, 7) is 3.11. The Kier molecular flexibility index (Phi) is 7.66. The number of carbonyl (C=O) groups excluding carboxylic acids is 1. The first-order valence-electron chi connectivity index (χ1n) is 10.5. The first-order valence-corrected chi connectivity index (χ1v) is 10.5. The van der Waals surface area contributed by atoms with Gasteiger partial charge in [-0.05, 0) is 60.9 Å². The highest BCUT2D eigenvalue weighted by molar-refractivity contribution is 5.95. The van der Waals surface area contributed by atoms with Crippen molar-refractivity contribution in [1.82, 2.24) is 4.90 Å². The lowest BCUT2D eigenvalue weighted by atomic mass is 10.0. The number of hydrogen-bond donors (Lipinski definition) is 3. The lowest BCUT2D eigenvalue weighted by Crippen LogP contribution is -2.28. The van der Waals surface area contributed by atoms with Crippen molar-refractivity contribution in [1.29, 1.82) is 5.41 Å². The predicted octanol–water partition coefficient (Wildman–Crippen LogP) is 4.06. The van der Waals surface area contributed by atoms with Crippen molar-refractivity contribution in [2.75, 3.05) is 25.5 Å². The molecule has 0 unspecified atom stereocenters. The molecule has 0 atom stereocenters. The Balaban J connectivity index is 1.60. The number of anilines is 1. The highest BCUT2D eigenvalue weighted by Gasteiger charge is 2.12. The minimum absolute atomic E-state index is 0.00679. The molecular formula is C27H28N4O. The first kappa shape index (κ1) is 22.6. The molecule has 0 radical (unpaired) electrons. The number of amides is 1. The summed E-state index contributed by atoms with van der Waals surface area (Å²) in [4.78, 5) is 14.6. The molecule has 0 spiro atoms. The zero-order valence-corrected chi connectivity index (χ0v) is 18.5. The molecule has 4 N–H and O–H groups in total. The Morgan fingerprint density at radius 3 is 2.41 bits per heavy atom. The number of rotatable bonds is 7. The van der Waals surface area contributed by atoms with E-state index in [1.54, 1.807) is 17.0 Å². The number of carbonyl (C=O) groups is 1. The fourth-order valence-corrected chi connectivity index (χ4v) is 3.21. The Morgan fingerprint density at radius 2 is 1.72 bits per heavy atom. The van der Waals surface area contributed by atoms with Crippen LogP contribution in [0.4, 0.5) is 5.69 Å². The second-order valence-electron chi connectivity index (χ2n) is 7.64. The van der Waals surface area contributed by atoms with E-state index >= 15 is 0 Å². The van der Waals surface area contributed by atoms with Gasteiger partial charge in [0.05, 0.1) is 6.54 Å². The van der Waals surface area contributed by atoms with Gasteiger partial charge in [-0.1, -0.05) is 48.2 Å². The van der Waals surface area contributed by atoms with Gasteiger partial charge in [0.2, 0.25) is 0 Å². The van der Waals surface area contributed by atoms with Crippen molar-refractivity contribution in [3.05, 3.63) is 101 Å². The molecular weight excluding hydrogens is 396 g/mol. The second kappa shape index (κ2) is 10.8. The zero-order chi connectivity index (χ0) is 22.9. The summed E-state index contributed by atoms with van der Waals surface area (Å²) in [5.74, 6) is 6.33. The molecule has 0 heterocycles. The van der Waals surface area contributed by atoms with E-state index in [2.05, 4.69) is 29.3 Å². The van der Waals surface area contributed by atoms with E-state index < -0.39 is 0 Å². The second-order valence-corrected chi connectivity index (χ2v) is 7.64. The molecule has 3 aromatic rings. The molecule has 0 aromatic heterocycles. The number of benzene rings is 3. The van der Waals surface area contributed by atoms with E-state index in [0.717, 1.165) is 23.2 Å². The number of nitrogen functional groups attached to an aromatic ring is 1. The SMILES string of the molecule is Cc1ccc(C(=O)N(C)CCc2ccccc2)cc1C#CCNc1ccc(C(=N)N)cc1. The van der Waals surface area contributed by atoms with Crippen LogP contribution in [0, 0.1) is 24.2 Å². The van der Waals surface area contributed by atoms with Gasteiger partial charge in [-0.25, -0.2) is 0 Å². The van der Waals surface area contributed by atoms with Crippen molar-refractivity contribution >= 4 is 17.4 Å². The molecule has 5 heteroatoms. The van der Waals surface area contributed by atoms with Gasteiger partial charge >= 0.3 is 0 Å². The van der Waals surface area contributed by atoms with Gasteiger partial charge in [-0.3, -0.25) is 10.2 Å². The van der Waals surface area contributed by atoms with Crippen LogP contribution in [0.2, 0.25) is 0 Å². The molecule has 1 amide bonds. The van der Waals surface area contributed by atoms with E-state index in [1.807, 2.05) is 62.5 Å². The van der Waals surface area contributed by atoms with E-state index in [9.17, 15) is 4.79 Å². The van der Waals surface area contributed by atoms with Gasteiger partial charge in [0.25, 0.3) is 5.91 Å². The van der Waals surface area contributed by atoms with Gasteiger partial charge in [0, 0.05) is 36.0 Å². The largest absolute Gasteiger partial charge is 0.384 e. The van der Waals surface area contributed by atoms with Gasteiger partial charge in [0.1, 0.15) is 5.84 Å². The molecule has 3 rings (SSSR count). The van der Waals surface area contributed by atoms with Crippen molar-refractivity contribution < 1.29 is 4.79 Å². The van der Waals surface area contributed by atoms with Crippen LogP contribution in [-0.2, 0) is 6.42 Å². The van der Waals surface area contributed by atoms with Gasteiger partial charge in [-0.2, -0.15) is 0 Å². The number of aryl methyl sites for hydroxylation is 1. The summed E-state index contributed by atoms with van der Waals surface area (Å²) in [6, 6.07) is 23.2. The lowest BCUT2D eigenvalue weighted by molar-refractivity contribution is 0.0796. The van der Waals surface area contributed by atoms with Crippen LogP contribution in [0.3, 0.4) is 0 Å². The molecule has 0 saturated carbocycles. The van der Waals surface area contributed by atoms with Crippen LogP contribution < -0.4 is 11.1 Å². The van der Waals surface area contributed by atoms with Crippen LogP contribution >= 0.6 is 0 Å². The maximum atomic E-state index is 12.9. The van der Waals surface area contributed by atoms with Gasteiger partial charge in [-0.15, -0.1) is 0 Å². The molecule has 0 fully saturated rings. The Hall–Kier alpha value is -4.04. The minimum atomic E-state index is -0.00679. The molecule has 0 aliphatic carbocycles. The van der Waals surface area contributed by atoms with Crippen LogP contribution in [0.25, 0.3) is 0 Å². The number of likely N-dealkylation sites (N-methyl/N-ethyl adjacent to an activating group) is 1. The number of nitrogens with zero attached hydrogens (tertiary/aromatic N) is 1. The van der Waals surface area contributed by atoms with E-state index in [1.165, 1.54) is 5.56 Å². The summed E-state index contributed by atoms with van der Waals surface area (Å²) in [5, 5.41) is 10.7. The smallest absolute Gasteiger partial charge is 0.253 e. The normalized spacial score (nSPS) is 10.1. The van der Waals surface area contributed by atoms with Crippen molar-refractivity contribution in [2.45, 2.75) is 13.3 Å². The van der Waals surface area contributed by atoms with Crippen molar-refractivity contribution in [2.24, 2.45) is 5.73 Å². The molecule has 5 nitrogen and oxygen atoms in total. The van der Waals surface area contributed by atoms with Crippen molar-refractivity contribution in [3.8, 4) is 11.8 Å². The molecule has 0 aliphatic heterocycles. The van der Waals surface area contributed by atoms with Crippen molar-refractivity contribution in [3.63, 3.8) is 0 Å². The maximum absolute atomic E-state index is 12.9. The number of amidine groups is 1. The average Bonchev–Trinajstić information content (AvgIpc) is 2.81. The standard InChI is InChI=1S/C27H28N4O/c1-20-10-11-24(27(32)31(2)18-16-21-7-4-3-5-8-21)19-23(20)9-6-17-30-25-14-12-22(13-15-25)26(28)29/h3-5,7-8,10-15,19,30H,16-18H2,1-2H3,(H3,28,29). The summed E-state index contributed by atoms with van der Waals surface area (Å²) in [6.07, 6.45) is 0.820. The highest BCUT2D eigenvalue weighted by Crippen LogP contribution is 2.13. The Bertz CT molecular complexity index is 1140. The molecule has 3 aromatic carbocycles. The van der Waals surface area contributed by atoms with Crippen LogP contribution in [0.5, 0.6) is 0 Å². The third-order valence-electron chi connectivity index (χ3n) is 5.21. The topological polar surface area (TPSA) is 82.2 Å². The zero-order valence-electron chi connectivity index (χ0n) is 18.5. The Morgan fingerprint density at radius 1 is 1.03 bits per heavy atom. The van der Waals surface area contributed by atoms with Crippen LogP contribution in [0.1, 0.15) is 32.6 Å². The number of hydrogen-bond acceptors (Lipinski definition) is 3. The minimum Gasteiger partial charge on any atom is -0.384 e. The fraction of sp³-hybridized carbons (Fsp3) is 0.185. The van der Waals surface area contributed by atoms with E-state index in [4.69, 9.17) is 11.1 Å². The number of nitrogens with one attached hydrogen (secondary N) is 2. The van der Waals surface area contributed by atoms with Gasteiger partial charge < -0.3 is 16.0 Å². The monoisotopic (exact) mass is 424 g/mol. The Labute approximate surface area is 189 Å². The van der Waals surface area contributed by atoms with E-state index in [-0.39, 0.29) is 11.7 Å². The quantitative estimate of drug-likeness (QED) is 0.304.